The first-order valence-corrected chi connectivity index (χ1v) is 43.6. The molecule has 12 nitrogen and oxygen atoms in total. The molecule has 0 aromatic heterocycles. The van der Waals surface area contributed by atoms with Gasteiger partial charge in [-0.05, 0) is 218 Å². The van der Waals surface area contributed by atoms with Gasteiger partial charge in [0, 0.05) is 94.6 Å². The van der Waals surface area contributed by atoms with Crippen molar-refractivity contribution in [2.45, 2.75) is 179 Å². The molecule has 424 valence electrons. The lowest BCUT2D eigenvalue weighted by Crippen LogP contribution is -2.25. The summed E-state index contributed by atoms with van der Waals surface area (Å²) in [7, 11) is -7.41. The summed E-state index contributed by atoms with van der Waals surface area (Å²) in [5, 5.41) is 98.8. The van der Waals surface area contributed by atoms with Gasteiger partial charge in [0.1, 0.15) is 63.9 Å². The van der Waals surface area contributed by atoms with E-state index in [0.29, 0.717) is 148 Å². The van der Waals surface area contributed by atoms with Crippen LogP contribution in [0.25, 0.3) is 0 Å². The van der Waals surface area contributed by atoms with Gasteiger partial charge >= 0.3 is 0 Å². The van der Waals surface area contributed by atoms with Crippen LogP contribution >= 0.6 is 63.7 Å². The molecule has 0 fully saturated rings. The van der Waals surface area contributed by atoms with E-state index in [-0.39, 0.29) is 63.9 Å². The molecule has 8 bridgehead atoms. The van der Waals surface area contributed by atoms with E-state index in [2.05, 4.69) is 142 Å². The van der Waals surface area contributed by atoms with E-state index < -0.39 is 56.9 Å². The molecule has 76 heavy (non-hydrogen) atoms. The van der Waals surface area contributed by atoms with Gasteiger partial charge < -0.3 is 58.6 Å². The molecule has 1 aliphatic carbocycles. The number of aromatic hydroxyl groups is 8. The fraction of sp³-hybridized carbons (Fsp3) is 0.571. The van der Waals surface area contributed by atoms with E-state index in [1.54, 1.807) is 24.3 Å². The van der Waals surface area contributed by atoms with Crippen LogP contribution in [-0.4, -0.2) is 101 Å². The third-order valence-corrected chi connectivity index (χ3v) is 21.1. The van der Waals surface area contributed by atoms with Crippen LogP contribution < -0.4 is 0 Å². The van der Waals surface area contributed by atoms with Gasteiger partial charge in [0.05, 0.1) is 0 Å². The Morgan fingerprint density at radius 3 is 0.566 bits per heavy atom. The van der Waals surface area contributed by atoms with Crippen molar-refractivity contribution in [3.63, 3.8) is 0 Å². The summed E-state index contributed by atoms with van der Waals surface area (Å²) >= 11 is 14.3. The number of fused-ring (bicyclic) bond motifs is 8. The fourth-order valence-corrected chi connectivity index (χ4v) is 14.9. The first-order valence-electron chi connectivity index (χ1n) is 26.8. The highest BCUT2D eigenvalue weighted by atomic mass is 79.9. The third kappa shape index (κ3) is 17.0. The monoisotopic (exact) mass is 1380 g/mol. The van der Waals surface area contributed by atoms with E-state index in [4.69, 9.17) is 17.7 Å². The van der Waals surface area contributed by atoms with Gasteiger partial charge in [-0.1, -0.05) is 25.7 Å². The number of phenols is 8. The molecular formula is C56H84Br4O12Si4. The molecule has 20 heteroatoms. The summed E-state index contributed by atoms with van der Waals surface area (Å²) in [5.74, 6) is -4.90. The topological polar surface area (TPSA) is 199 Å². The summed E-state index contributed by atoms with van der Waals surface area (Å²) in [6.45, 7) is 27.7. The third-order valence-electron chi connectivity index (χ3n) is 13.8. The lowest BCUT2D eigenvalue weighted by molar-refractivity contribution is 0.297. The predicted molar refractivity (Wildman–Crippen MR) is 330 cm³/mol. The highest BCUT2D eigenvalue weighted by Gasteiger charge is 2.37. The maximum absolute atomic E-state index is 12.3. The highest BCUT2D eigenvalue weighted by Crippen LogP contribution is 2.58. The van der Waals surface area contributed by atoms with E-state index in [9.17, 15) is 40.9 Å². The highest BCUT2D eigenvalue weighted by molar-refractivity contribution is 9.11. The zero-order chi connectivity index (χ0) is 56.8. The molecule has 0 amide bonds. The van der Waals surface area contributed by atoms with Gasteiger partial charge in [0.2, 0.25) is 0 Å². The number of unbranched alkanes of at least 4 members (excludes halogenated alkanes) is 4. The van der Waals surface area contributed by atoms with Gasteiger partial charge in [0.25, 0.3) is 0 Å². The Balaban J connectivity index is 1.93. The first-order chi connectivity index (χ1) is 35.2. The van der Waals surface area contributed by atoms with Crippen molar-refractivity contribution in [2.75, 3.05) is 26.4 Å². The SMILES string of the molecule is C[Si](C)(C)OCCCCC1c2cc(c(O)c(Br)c2O)C(CCCCO[Si](C)(C)C)c2cc(c(O)c(Br)c2O)C(CCCCO[Si](C)(C)C)c2cc(c(O)c(Br)c2O)C(CCCCO[Si](C)(C)C)c2cc1c(O)c(Br)c2O. The molecule has 0 aliphatic heterocycles. The maximum Gasteiger partial charge on any atom is 0.183 e. The maximum atomic E-state index is 12.3. The Kier molecular flexibility index (Phi) is 23.1. The van der Waals surface area contributed by atoms with Crippen molar-refractivity contribution in [2.24, 2.45) is 0 Å². The molecule has 0 saturated heterocycles. The Morgan fingerprint density at radius 2 is 0.434 bits per heavy atom. The lowest BCUT2D eigenvalue weighted by Gasteiger charge is -2.30. The second kappa shape index (κ2) is 27.1. The summed E-state index contributed by atoms with van der Waals surface area (Å²) in [6, 6.07) is 7.04. The quantitative estimate of drug-likeness (QED) is 0.0244. The van der Waals surface area contributed by atoms with Gasteiger partial charge in [-0.15, -0.1) is 0 Å². The molecule has 4 aromatic rings. The summed E-state index contributed by atoms with van der Waals surface area (Å²) in [6.07, 6.45) is 6.69. The number of rotatable bonds is 24. The van der Waals surface area contributed by atoms with Crippen LogP contribution in [-0.2, 0) is 17.7 Å². The molecular weight excluding hydrogens is 1300 g/mol. The van der Waals surface area contributed by atoms with Gasteiger partial charge in [0.15, 0.2) is 33.3 Å². The minimum atomic E-state index is -1.85. The van der Waals surface area contributed by atoms with Gasteiger partial charge in [-0.3, -0.25) is 0 Å². The zero-order valence-corrected chi connectivity index (χ0v) is 57.0. The Bertz CT molecular complexity index is 2180. The second-order valence-electron chi connectivity index (χ2n) is 24.3. The average molecular weight is 1380 g/mol. The Hall–Kier alpha value is -2.09. The first kappa shape index (κ1) is 64.7. The van der Waals surface area contributed by atoms with Gasteiger partial charge in [-0.2, -0.15) is 0 Å². The van der Waals surface area contributed by atoms with Crippen LogP contribution in [0, 0.1) is 0 Å². The molecule has 0 spiro atoms. The lowest BCUT2D eigenvalue weighted by atomic mass is 9.76. The van der Waals surface area contributed by atoms with Crippen LogP contribution in [0.2, 0.25) is 78.6 Å². The van der Waals surface area contributed by atoms with E-state index in [1.807, 2.05) is 0 Å². The standard InChI is InChI=1S/C56H84Br4O12Si4/c1-73(2,3)69-25-17-13-21-33-37-29-39(51(63)45(57)49(37)61)34(22-14-18-26-70-74(4,5)6)41-31-43(55(67)47(59)53(41)65)36(24-16-20-28-72-76(10,11)12)44-32-42(54(66)48(60)56(44)68)35(23-15-19-27-71-75(7,8)9)40-30-38(33)50(62)46(58)52(40)64/h29-36,61-68H,13-28H2,1-12H3. The molecule has 0 unspecified atom stereocenters. The molecule has 0 atom stereocenters. The second-order valence-corrected chi connectivity index (χ2v) is 45.5. The van der Waals surface area contributed by atoms with Crippen LogP contribution in [0.5, 0.6) is 46.0 Å². The molecule has 0 radical (unpaired) electrons. The molecule has 5 rings (SSSR count). The van der Waals surface area contributed by atoms with Crippen LogP contribution in [0.4, 0.5) is 0 Å². The normalized spacial score (nSPS) is 17.4. The van der Waals surface area contributed by atoms with E-state index >= 15 is 0 Å². The predicted octanol–water partition coefficient (Wildman–Crippen LogP) is 17.3. The smallest absolute Gasteiger partial charge is 0.183 e. The van der Waals surface area contributed by atoms with E-state index in [1.165, 1.54) is 0 Å². The molecule has 4 aromatic carbocycles. The van der Waals surface area contributed by atoms with Crippen LogP contribution in [0.3, 0.4) is 0 Å². The minimum absolute atomic E-state index is 0.0295. The van der Waals surface area contributed by atoms with Crippen LogP contribution in [0.1, 0.15) is 145 Å². The fourth-order valence-electron chi connectivity index (χ4n) is 10.0. The summed E-state index contributed by atoms with van der Waals surface area (Å²) in [4.78, 5) is 0. The van der Waals surface area contributed by atoms with Crippen molar-refractivity contribution < 1.29 is 58.6 Å². The summed E-state index contributed by atoms with van der Waals surface area (Å²) < 4.78 is 25.2. The largest absolute Gasteiger partial charge is 0.506 e. The van der Waals surface area contributed by atoms with Gasteiger partial charge in [-0.25, -0.2) is 0 Å². The number of hydrogen-bond donors (Lipinski definition) is 8. The molecule has 8 N–H and O–H groups in total. The minimum Gasteiger partial charge on any atom is -0.506 e. The van der Waals surface area contributed by atoms with Crippen molar-refractivity contribution >= 4 is 97.0 Å². The number of benzene rings is 4. The number of hydrogen-bond acceptors (Lipinski definition) is 12. The van der Waals surface area contributed by atoms with E-state index in [0.717, 1.165) is 0 Å². The average Bonchev–Trinajstić information content (AvgIpc) is 3.31. The van der Waals surface area contributed by atoms with Crippen molar-refractivity contribution in [1.82, 2.24) is 0 Å². The Morgan fingerprint density at radius 1 is 0.289 bits per heavy atom. The zero-order valence-electron chi connectivity index (χ0n) is 46.7. The number of halogens is 4. The molecule has 0 saturated carbocycles. The Labute approximate surface area is 490 Å². The van der Waals surface area contributed by atoms with Crippen LogP contribution in [0.15, 0.2) is 42.2 Å². The van der Waals surface area contributed by atoms with Crippen molar-refractivity contribution in [3.8, 4) is 46.0 Å². The van der Waals surface area contributed by atoms with Crippen molar-refractivity contribution in [3.05, 3.63) is 86.7 Å². The number of phenolic OH excluding ortho intramolecular Hbond substituents is 8. The molecule has 1 aliphatic rings. The van der Waals surface area contributed by atoms with Crippen molar-refractivity contribution in [1.29, 1.82) is 0 Å². The molecule has 0 heterocycles. The summed E-state index contributed by atoms with van der Waals surface area (Å²) in [5.41, 5.74) is 3.09.